The molecule has 2 heterocycles. The Kier molecular flexibility index (Phi) is 5.10. The van der Waals surface area contributed by atoms with Gasteiger partial charge in [0.05, 0.1) is 0 Å². The topological polar surface area (TPSA) is 3.01 Å². The predicted octanol–water partition coefficient (Wildman–Crippen LogP) is 7.69. The molecule has 6 rings (SSSR count). The van der Waals surface area contributed by atoms with Gasteiger partial charge in [-0.3, -0.25) is 4.90 Å². The second-order valence-electron chi connectivity index (χ2n) is 12.1. The van der Waals surface area contributed by atoms with E-state index in [0.29, 0.717) is 10.8 Å². The second kappa shape index (κ2) is 7.61. The number of hydrogen-bond acceptors (Lipinski definition) is 1. The van der Waals surface area contributed by atoms with Gasteiger partial charge in [-0.2, -0.15) is 0 Å². The summed E-state index contributed by atoms with van der Waals surface area (Å²) in [6.45, 7) is 10.2. The summed E-state index contributed by atoms with van der Waals surface area (Å²) >= 11 is 0. The first-order chi connectivity index (χ1) is 15.2. The molecule has 0 aromatic rings. The number of nitrogens with zero attached hydrogens (tertiary/aromatic N) is 1. The number of hydrogen-bond donors (Lipinski definition) is 0. The van der Waals surface area contributed by atoms with Crippen LogP contribution in [0.3, 0.4) is 0 Å². The van der Waals surface area contributed by atoms with Gasteiger partial charge in [0.1, 0.15) is 0 Å². The summed E-state index contributed by atoms with van der Waals surface area (Å²) in [5.74, 6) is 3.78. The standard InChI is InChI=1S/C30H45N/c1-4-7-9-10-12-13-21-17-25(21)23(14-11-8-5-2)24-16-15-22-20-31(22)28-18-27-29(28,6-3)30(27)19-26(24)30/h5,11,14,21-23,25,27-28H,2,4,6-10,12-13,15-20H2,1,3H3. The number of rotatable bonds is 12. The van der Waals surface area contributed by atoms with Gasteiger partial charge in [-0.05, 0) is 68.1 Å². The van der Waals surface area contributed by atoms with Crippen LogP contribution >= 0.6 is 0 Å². The zero-order chi connectivity index (χ0) is 21.2. The minimum atomic E-state index is 0.689. The summed E-state index contributed by atoms with van der Waals surface area (Å²) in [5, 5.41) is 0. The Morgan fingerprint density at radius 2 is 2.03 bits per heavy atom. The lowest BCUT2D eigenvalue weighted by molar-refractivity contribution is 0.117. The first-order valence-corrected chi connectivity index (χ1v) is 14.0. The zero-order valence-electron chi connectivity index (χ0n) is 20.2. The lowest BCUT2D eigenvalue weighted by Crippen LogP contribution is -2.41. The van der Waals surface area contributed by atoms with E-state index in [4.69, 9.17) is 0 Å². The van der Waals surface area contributed by atoms with Crippen LogP contribution < -0.4 is 0 Å². The van der Waals surface area contributed by atoms with E-state index in [2.05, 4.69) is 43.6 Å². The van der Waals surface area contributed by atoms with Crippen molar-refractivity contribution >= 4 is 0 Å². The predicted molar refractivity (Wildman–Crippen MR) is 131 cm³/mol. The highest BCUT2D eigenvalue weighted by atomic mass is 15.4. The average Bonchev–Trinajstić information content (AvgIpc) is 3.62. The SMILES string of the molecule is C=CCC=CC(C1=C2CC23C2CC(N4CC4CC1)C23CC)C1CC1CCCCCCC. The molecule has 6 aliphatic rings. The van der Waals surface area contributed by atoms with Gasteiger partial charge in [0, 0.05) is 30.0 Å². The van der Waals surface area contributed by atoms with Crippen LogP contribution in [0.2, 0.25) is 0 Å². The Balaban J connectivity index is 1.21. The van der Waals surface area contributed by atoms with Crippen LogP contribution in [0.5, 0.6) is 0 Å². The Morgan fingerprint density at radius 3 is 2.84 bits per heavy atom. The van der Waals surface area contributed by atoms with Crippen LogP contribution in [0.4, 0.5) is 0 Å². The summed E-state index contributed by atoms with van der Waals surface area (Å²) in [5.41, 5.74) is 5.35. The molecule has 9 unspecified atom stereocenters. The van der Waals surface area contributed by atoms with Crippen molar-refractivity contribution < 1.29 is 0 Å². The molecular weight excluding hydrogens is 374 g/mol. The minimum Gasteiger partial charge on any atom is -0.294 e. The molecular formula is C30H45N. The second-order valence-corrected chi connectivity index (χ2v) is 12.1. The fourth-order valence-electron chi connectivity index (χ4n) is 9.14. The van der Waals surface area contributed by atoms with Gasteiger partial charge in [-0.1, -0.05) is 81.7 Å². The van der Waals surface area contributed by atoms with Crippen molar-refractivity contribution in [3.05, 3.63) is 36.0 Å². The molecule has 2 aliphatic heterocycles. The van der Waals surface area contributed by atoms with Crippen LogP contribution in [-0.4, -0.2) is 23.5 Å². The van der Waals surface area contributed by atoms with E-state index < -0.39 is 0 Å². The van der Waals surface area contributed by atoms with Crippen LogP contribution in [0.25, 0.3) is 0 Å². The molecule has 9 atom stereocenters. The van der Waals surface area contributed by atoms with E-state index >= 15 is 0 Å². The van der Waals surface area contributed by atoms with Crippen LogP contribution in [0, 0.1) is 34.5 Å². The van der Waals surface area contributed by atoms with Gasteiger partial charge in [-0.15, -0.1) is 6.58 Å². The van der Waals surface area contributed by atoms with E-state index in [1.807, 2.05) is 11.1 Å². The highest BCUT2D eigenvalue weighted by Gasteiger charge is 2.92. The highest BCUT2D eigenvalue weighted by molar-refractivity contribution is 5.58. The molecule has 1 spiro atoms. The first kappa shape index (κ1) is 20.8. The van der Waals surface area contributed by atoms with Gasteiger partial charge in [-0.25, -0.2) is 0 Å². The third-order valence-corrected chi connectivity index (χ3v) is 10.9. The van der Waals surface area contributed by atoms with Crippen molar-refractivity contribution in [2.75, 3.05) is 6.54 Å². The van der Waals surface area contributed by atoms with E-state index in [-0.39, 0.29) is 0 Å². The first-order valence-electron chi connectivity index (χ1n) is 14.0. The fraction of sp³-hybridized carbons (Fsp3) is 0.800. The molecule has 4 aliphatic carbocycles. The molecule has 1 saturated heterocycles. The van der Waals surface area contributed by atoms with E-state index in [1.54, 1.807) is 0 Å². The molecule has 0 aromatic carbocycles. The smallest absolute Gasteiger partial charge is 0.0230 e. The molecule has 0 aromatic heterocycles. The molecule has 5 fully saturated rings. The summed E-state index contributed by atoms with van der Waals surface area (Å²) in [7, 11) is 0. The third kappa shape index (κ3) is 2.97. The van der Waals surface area contributed by atoms with Crippen molar-refractivity contribution in [3.63, 3.8) is 0 Å². The molecule has 0 amide bonds. The minimum absolute atomic E-state index is 0.689. The summed E-state index contributed by atoms with van der Waals surface area (Å²) in [6, 6.07) is 1.88. The van der Waals surface area contributed by atoms with Crippen molar-refractivity contribution in [3.8, 4) is 0 Å². The summed E-state index contributed by atoms with van der Waals surface area (Å²) in [6.07, 6.45) is 25.7. The van der Waals surface area contributed by atoms with Crippen molar-refractivity contribution in [1.29, 1.82) is 0 Å². The Hall–Kier alpha value is -0.820. The van der Waals surface area contributed by atoms with Gasteiger partial charge >= 0.3 is 0 Å². The van der Waals surface area contributed by atoms with Gasteiger partial charge in [0.2, 0.25) is 0 Å². The largest absolute Gasteiger partial charge is 0.294 e. The van der Waals surface area contributed by atoms with E-state index in [9.17, 15) is 0 Å². The lowest BCUT2D eigenvalue weighted by atomic mass is 9.76. The van der Waals surface area contributed by atoms with Crippen LogP contribution in [0.1, 0.15) is 97.3 Å². The maximum absolute atomic E-state index is 3.97. The van der Waals surface area contributed by atoms with E-state index in [0.717, 1.165) is 42.2 Å². The molecule has 0 N–H and O–H groups in total. The van der Waals surface area contributed by atoms with Crippen molar-refractivity contribution in [2.24, 2.45) is 34.5 Å². The number of allylic oxidation sites excluding steroid dienone is 5. The average molecular weight is 420 g/mol. The normalized spacial score (nSPS) is 46.6. The Morgan fingerprint density at radius 1 is 1.16 bits per heavy atom. The van der Waals surface area contributed by atoms with Crippen molar-refractivity contribution in [1.82, 2.24) is 4.90 Å². The summed E-state index contributed by atoms with van der Waals surface area (Å²) < 4.78 is 0. The lowest BCUT2D eigenvalue weighted by Gasteiger charge is -2.37. The maximum Gasteiger partial charge on any atom is 0.0230 e. The zero-order valence-corrected chi connectivity index (χ0v) is 20.2. The van der Waals surface area contributed by atoms with E-state index in [1.165, 1.54) is 83.6 Å². The van der Waals surface area contributed by atoms with Gasteiger partial charge in [0.25, 0.3) is 0 Å². The molecule has 31 heavy (non-hydrogen) atoms. The molecule has 1 nitrogen and oxygen atoms in total. The maximum atomic E-state index is 3.97. The quantitative estimate of drug-likeness (QED) is 0.178. The summed E-state index contributed by atoms with van der Waals surface area (Å²) in [4.78, 5) is 2.92. The van der Waals surface area contributed by atoms with Crippen LogP contribution in [0.15, 0.2) is 36.0 Å². The third-order valence-electron chi connectivity index (χ3n) is 10.9. The van der Waals surface area contributed by atoms with Crippen molar-refractivity contribution in [2.45, 2.75) is 109 Å². The molecule has 4 saturated carbocycles. The molecule has 0 bridgehead atoms. The molecule has 170 valence electrons. The number of fused-ring (bicyclic) bond motifs is 2. The number of unbranched alkanes of at least 4 members (excludes halogenated alkanes) is 4. The Bertz CT molecular complexity index is 790. The molecule has 1 heteroatoms. The monoisotopic (exact) mass is 419 g/mol. The van der Waals surface area contributed by atoms with Crippen LogP contribution in [-0.2, 0) is 0 Å². The fourth-order valence-corrected chi connectivity index (χ4v) is 9.14. The van der Waals surface area contributed by atoms with Gasteiger partial charge in [0.15, 0.2) is 0 Å². The van der Waals surface area contributed by atoms with Gasteiger partial charge < -0.3 is 0 Å². The molecule has 0 radical (unpaired) electrons. The highest BCUT2D eigenvalue weighted by Crippen LogP contribution is 2.95. The Labute approximate surface area is 191 Å².